The van der Waals surface area contributed by atoms with Gasteiger partial charge >= 0.3 is 5.97 Å². The fourth-order valence-electron chi connectivity index (χ4n) is 2.52. The quantitative estimate of drug-likeness (QED) is 0.328. The van der Waals surface area contributed by atoms with Crippen LogP contribution in [0.1, 0.15) is 16.7 Å². The van der Waals surface area contributed by atoms with Gasteiger partial charge in [0.1, 0.15) is 0 Å². The molecule has 3 rings (SSSR count). The van der Waals surface area contributed by atoms with Crippen molar-refractivity contribution >= 4 is 11.8 Å². The third-order valence-electron chi connectivity index (χ3n) is 4.00. The lowest BCUT2D eigenvalue weighted by Crippen LogP contribution is -2.15. The van der Waals surface area contributed by atoms with Crippen molar-refractivity contribution in [2.75, 3.05) is 0 Å². The summed E-state index contributed by atoms with van der Waals surface area (Å²) in [7, 11) is 0. The monoisotopic (exact) mass is 344 g/mol. The fourth-order valence-corrected chi connectivity index (χ4v) is 2.52. The van der Waals surface area contributed by atoms with E-state index in [1.54, 1.807) is 0 Å². The molecule has 0 saturated heterocycles. The van der Waals surface area contributed by atoms with Crippen molar-refractivity contribution in [2.24, 2.45) is 10.9 Å². The lowest BCUT2D eigenvalue weighted by Gasteiger charge is -2.04. The summed E-state index contributed by atoms with van der Waals surface area (Å²) in [5, 5.41) is 3.73. The van der Waals surface area contributed by atoms with Crippen molar-refractivity contribution in [3.63, 3.8) is 0 Å². The Hall–Kier alpha value is -3.40. The van der Waals surface area contributed by atoms with E-state index in [4.69, 9.17) is 10.6 Å². The standard InChI is InChI=1S/C22H20N2O2/c1-16-7-11-20(12-8-16)22(23)24-26-21(25)15-17-9-13-19(14-10-17)18-5-3-2-4-6-18/h2-14H,15H2,1H3,(H2,23,24). The molecule has 0 aliphatic carbocycles. The lowest BCUT2D eigenvalue weighted by molar-refractivity contribution is -0.142. The molecule has 0 fully saturated rings. The SMILES string of the molecule is Cc1ccc(C(N)=NOC(=O)Cc2ccc(-c3ccccc3)cc2)cc1. The first-order chi connectivity index (χ1) is 12.6. The molecule has 3 aromatic carbocycles. The normalized spacial score (nSPS) is 11.2. The summed E-state index contributed by atoms with van der Waals surface area (Å²) < 4.78 is 0. The van der Waals surface area contributed by atoms with Crippen LogP contribution in [0, 0.1) is 6.92 Å². The molecule has 0 aliphatic rings. The van der Waals surface area contributed by atoms with Gasteiger partial charge in [-0.15, -0.1) is 0 Å². The summed E-state index contributed by atoms with van der Waals surface area (Å²) in [6.07, 6.45) is 0.139. The van der Waals surface area contributed by atoms with Crippen molar-refractivity contribution in [2.45, 2.75) is 13.3 Å². The zero-order valence-electron chi connectivity index (χ0n) is 14.6. The summed E-state index contributed by atoms with van der Waals surface area (Å²) >= 11 is 0. The molecular weight excluding hydrogens is 324 g/mol. The first-order valence-corrected chi connectivity index (χ1v) is 8.36. The topological polar surface area (TPSA) is 64.7 Å². The summed E-state index contributed by atoms with van der Waals surface area (Å²) in [6, 6.07) is 25.4. The number of nitrogens with two attached hydrogens (primary N) is 1. The Morgan fingerprint density at radius 3 is 2.15 bits per heavy atom. The van der Waals surface area contributed by atoms with Crippen LogP contribution in [0.25, 0.3) is 11.1 Å². The molecule has 3 aromatic rings. The second-order valence-corrected chi connectivity index (χ2v) is 6.05. The molecule has 0 heterocycles. The predicted molar refractivity (Wildman–Crippen MR) is 104 cm³/mol. The molecule has 130 valence electrons. The number of aryl methyl sites for hydroxylation is 1. The molecular formula is C22H20N2O2. The van der Waals surface area contributed by atoms with E-state index in [0.717, 1.165) is 27.8 Å². The number of carbonyl (C=O) groups excluding carboxylic acids is 1. The van der Waals surface area contributed by atoms with Gasteiger partial charge in [0.2, 0.25) is 0 Å². The van der Waals surface area contributed by atoms with Gasteiger partial charge in [0, 0.05) is 5.56 Å². The van der Waals surface area contributed by atoms with Crippen molar-refractivity contribution < 1.29 is 9.63 Å². The van der Waals surface area contributed by atoms with Gasteiger partial charge in [-0.2, -0.15) is 0 Å². The first-order valence-electron chi connectivity index (χ1n) is 8.36. The van der Waals surface area contributed by atoms with E-state index in [-0.39, 0.29) is 12.3 Å². The number of nitrogens with zero attached hydrogens (tertiary/aromatic N) is 1. The smallest absolute Gasteiger partial charge is 0.339 e. The van der Waals surface area contributed by atoms with Crippen LogP contribution in [-0.4, -0.2) is 11.8 Å². The Kier molecular flexibility index (Phi) is 5.44. The van der Waals surface area contributed by atoms with E-state index in [0.29, 0.717) is 0 Å². The molecule has 0 amide bonds. The highest BCUT2D eigenvalue weighted by Gasteiger charge is 2.07. The van der Waals surface area contributed by atoms with E-state index in [2.05, 4.69) is 5.16 Å². The molecule has 26 heavy (non-hydrogen) atoms. The molecule has 0 aromatic heterocycles. The van der Waals surface area contributed by atoms with Crippen molar-refractivity contribution in [1.82, 2.24) is 0 Å². The second kappa shape index (κ2) is 8.12. The van der Waals surface area contributed by atoms with Crippen LogP contribution in [-0.2, 0) is 16.1 Å². The summed E-state index contributed by atoms with van der Waals surface area (Å²) in [6.45, 7) is 1.99. The molecule has 4 heteroatoms. The number of rotatable bonds is 5. The maximum absolute atomic E-state index is 12.0. The lowest BCUT2D eigenvalue weighted by atomic mass is 10.0. The number of hydrogen-bond donors (Lipinski definition) is 1. The predicted octanol–water partition coefficient (Wildman–Crippen LogP) is 4.07. The summed E-state index contributed by atoms with van der Waals surface area (Å²) in [5.74, 6) is -0.273. The number of amidine groups is 1. The van der Waals surface area contributed by atoms with Gasteiger partial charge < -0.3 is 10.6 Å². The molecule has 0 atom stereocenters. The van der Waals surface area contributed by atoms with Gasteiger partial charge in [-0.05, 0) is 23.6 Å². The molecule has 4 nitrogen and oxygen atoms in total. The Balaban J connectivity index is 1.59. The van der Waals surface area contributed by atoms with Crippen LogP contribution >= 0.6 is 0 Å². The molecule has 0 spiro atoms. The number of carbonyl (C=O) groups is 1. The second-order valence-electron chi connectivity index (χ2n) is 6.05. The van der Waals surface area contributed by atoms with Gasteiger partial charge in [-0.3, -0.25) is 0 Å². The van der Waals surface area contributed by atoms with Gasteiger partial charge in [0.05, 0.1) is 6.42 Å². The number of oxime groups is 1. The molecule has 0 radical (unpaired) electrons. The van der Waals surface area contributed by atoms with Gasteiger partial charge in [0.25, 0.3) is 0 Å². The van der Waals surface area contributed by atoms with Crippen LogP contribution in [0.15, 0.2) is 84.0 Å². The van der Waals surface area contributed by atoms with Crippen molar-refractivity contribution in [3.8, 4) is 11.1 Å². The zero-order chi connectivity index (χ0) is 18.4. The maximum atomic E-state index is 12.0. The van der Waals surface area contributed by atoms with E-state index in [9.17, 15) is 4.79 Å². The van der Waals surface area contributed by atoms with E-state index in [1.807, 2.05) is 85.8 Å². The largest absolute Gasteiger partial charge is 0.380 e. The van der Waals surface area contributed by atoms with Crippen molar-refractivity contribution in [1.29, 1.82) is 0 Å². The highest BCUT2D eigenvalue weighted by Crippen LogP contribution is 2.19. The summed E-state index contributed by atoms with van der Waals surface area (Å²) in [4.78, 5) is 16.9. The van der Waals surface area contributed by atoms with E-state index in [1.165, 1.54) is 0 Å². The first kappa shape index (κ1) is 17.4. The summed E-state index contributed by atoms with van der Waals surface area (Å²) in [5.41, 5.74) is 10.8. The van der Waals surface area contributed by atoms with E-state index < -0.39 is 5.97 Å². The third kappa shape index (κ3) is 4.57. The van der Waals surface area contributed by atoms with Crippen molar-refractivity contribution in [3.05, 3.63) is 95.6 Å². The van der Waals surface area contributed by atoms with Gasteiger partial charge in [-0.25, -0.2) is 4.79 Å². The molecule has 0 bridgehead atoms. The minimum Gasteiger partial charge on any atom is -0.380 e. The van der Waals surface area contributed by atoms with Crippen LogP contribution in [0.2, 0.25) is 0 Å². The average Bonchev–Trinajstić information content (AvgIpc) is 2.68. The zero-order valence-corrected chi connectivity index (χ0v) is 14.6. The molecule has 0 saturated carbocycles. The van der Waals surface area contributed by atoms with Crippen LogP contribution in [0.4, 0.5) is 0 Å². The Labute approximate surface area is 152 Å². The minimum absolute atomic E-state index is 0.139. The molecule has 2 N–H and O–H groups in total. The van der Waals surface area contributed by atoms with Crippen LogP contribution in [0.5, 0.6) is 0 Å². The van der Waals surface area contributed by atoms with Crippen LogP contribution in [0.3, 0.4) is 0 Å². The maximum Gasteiger partial charge on any atom is 0.339 e. The Morgan fingerprint density at radius 1 is 0.885 bits per heavy atom. The average molecular weight is 344 g/mol. The van der Waals surface area contributed by atoms with Gasteiger partial charge in [0.15, 0.2) is 5.84 Å². The number of benzene rings is 3. The molecule has 0 aliphatic heterocycles. The Bertz CT molecular complexity index is 899. The highest BCUT2D eigenvalue weighted by molar-refractivity contribution is 5.97. The fraction of sp³-hybridized carbons (Fsp3) is 0.0909. The highest BCUT2D eigenvalue weighted by atomic mass is 16.7. The minimum atomic E-state index is -0.451. The van der Waals surface area contributed by atoms with Crippen LogP contribution < -0.4 is 5.73 Å². The number of hydrogen-bond acceptors (Lipinski definition) is 3. The van der Waals surface area contributed by atoms with Gasteiger partial charge in [-0.1, -0.05) is 89.6 Å². The third-order valence-corrected chi connectivity index (χ3v) is 4.00. The Morgan fingerprint density at radius 2 is 1.50 bits per heavy atom. The van der Waals surface area contributed by atoms with E-state index >= 15 is 0 Å². The molecule has 0 unspecified atom stereocenters.